The Morgan fingerprint density at radius 3 is 0.536 bits per heavy atom. The number of methoxy groups -OCH3 is 8. The molecule has 4 aromatic carbocycles. The first-order valence-corrected chi connectivity index (χ1v) is 23.0. The zero-order chi connectivity index (χ0) is 40.5. The largest absolute Gasteiger partial charge is 0.496 e. The zero-order valence-electron chi connectivity index (χ0n) is 33.4. The van der Waals surface area contributed by atoms with Gasteiger partial charge in [-0.25, -0.2) is 0 Å². The highest BCUT2D eigenvalue weighted by molar-refractivity contribution is 9.09. The number of hydrogen-bond acceptors (Lipinski definition) is 8. The van der Waals surface area contributed by atoms with Gasteiger partial charge in [0.05, 0.1) is 56.9 Å². The molecule has 0 heterocycles. The van der Waals surface area contributed by atoms with Gasteiger partial charge < -0.3 is 37.9 Å². The first-order valence-electron chi connectivity index (χ1n) is 18.5. The van der Waals surface area contributed by atoms with Gasteiger partial charge in [-0.05, 0) is 49.9 Å². The Balaban J connectivity index is 2.07. The molecule has 0 aromatic heterocycles. The van der Waals surface area contributed by atoms with Crippen molar-refractivity contribution in [3.05, 3.63) is 93.0 Å². The van der Waals surface area contributed by atoms with E-state index in [1.54, 1.807) is 56.9 Å². The molecule has 0 fully saturated rings. The molecule has 4 aromatic rings. The number of fused-ring (bicyclic) bond motifs is 8. The molecule has 56 heavy (non-hydrogen) atoms. The van der Waals surface area contributed by atoms with Crippen LogP contribution >= 0.6 is 63.7 Å². The normalized spacial score (nSPS) is 17.5. The van der Waals surface area contributed by atoms with E-state index in [0.29, 0.717) is 0 Å². The topological polar surface area (TPSA) is 73.8 Å². The SMILES string of the molecule is COc1cc(OC)c2cc1C(CCBr)c1cc(c(OC)cc1OC)C(CCBr)c1cc(c(OC)cc1OC)C(CCBr)c1cc(c(OC)cc1OC)C2CCBr. The van der Waals surface area contributed by atoms with Gasteiger partial charge in [0.15, 0.2) is 0 Å². The monoisotopic (exact) mass is 1020 g/mol. The minimum Gasteiger partial charge on any atom is -0.496 e. The maximum atomic E-state index is 6.19. The predicted molar refractivity (Wildman–Crippen MR) is 239 cm³/mol. The highest BCUT2D eigenvalue weighted by atomic mass is 79.9. The van der Waals surface area contributed by atoms with E-state index in [2.05, 4.69) is 88.0 Å². The van der Waals surface area contributed by atoms with Gasteiger partial charge >= 0.3 is 0 Å². The van der Waals surface area contributed by atoms with Crippen molar-refractivity contribution in [2.45, 2.75) is 49.4 Å². The van der Waals surface area contributed by atoms with E-state index in [4.69, 9.17) is 37.9 Å². The molecule has 0 atom stereocenters. The van der Waals surface area contributed by atoms with Gasteiger partial charge in [0, 0.05) is 114 Å². The lowest BCUT2D eigenvalue weighted by atomic mass is 9.77. The summed E-state index contributed by atoms with van der Waals surface area (Å²) in [5.74, 6) is 5.28. The van der Waals surface area contributed by atoms with Gasteiger partial charge in [0.2, 0.25) is 0 Å². The fourth-order valence-electron chi connectivity index (χ4n) is 8.33. The molecular formula is C44H52Br4O8. The third kappa shape index (κ3) is 8.78. The van der Waals surface area contributed by atoms with Crippen LogP contribution in [0.15, 0.2) is 48.5 Å². The van der Waals surface area contributed by atoms with E-state index >= 15 is 0 Å². The van der Waals surface area contributed by atoms with E-state index in [1.807, 2.05) is 24.3 Å². The van der Waals surface area contributed by atoms with Crippen LogP contribution < -0.4 is 37.9 Å². The van der Waals surface area contributed by atoms with Crippen molar-refractivity contribution in [1.29, 1.82) is 0 Å². The summed E-state index contributed by atoms with van der Waals surface area (Å²) in [7, 11) is 13.7. The van der Waals surface area contributed by atoms with Crippen molar-refractivity contribution in [1.82, 2.24) is 0 Å². The third-order valence-corrected chi connectivity index (χ3v) is 12.8. The van der Waals surface area contributed by atoms with E-state index in [-0.39, 0.29) is 23.7 Å². The molecule has 304 valence electrons. The van der Waals surface area contributed by atoms with Crippen molar-refractivity contribution in [3.63, 3.8) is 0 Å². The van der Waals surface area contributed by atoms with E-state index in [9.17, 15) is 0 Å². The van der Waals surface area contributed by atoms with Crippen LogP contribution in [0.25, 0.3) is 0 Å². The molecule has 1 aliphatic carbocycles. The fourth-order valence-corrected chi connectivity index (χ4v) is 10.2. The van der Waals surface area contributed by atoms with Crippen molar-refractivity contribution < 1.29 is 37.9 Å². The van der Waals surface area contributed by atoms with Gasteiger partial charge in [-0.15, -0.1) is 0 Å². The number of alkyl halides is 4. The van der Waals surface area contributed by atoms with Crippen molar-refractivity contribution >= 4 is 63.7 Å². The first-order chi connectivity index (χ1) is 27.2. The minimum absolute atomic E-state index is 0.138. The molecule has 0 aliphatic heterocycles. The van der Waals surface area contributed by atoms with Crippen LogP contribution in [-0.4, -0.2) is 78.2 Å². The average molecular weight is 1030 g/mol. The molecule has 1 aliphatic rings. The van der Waals surface area contributed by atoms with Crippen molar-refractivity contribution in [3.8, 4) is 46.0 Å². The van der Waals surface area contributed by atoms with Crippen LogP contribution in [0, 0.1) is 0 Å². The third-order valence-electron chi connectivity index (χ3n) is 10.9. The molecule has 0 unspecified atom stereocenters. The number of hydrogen-bond donors (Lipinski definition) is 0. The second-order valence-electron chi connectivity index (χ2n) is 13.5. The maximum absolute atomic E-state index is 6.19. The Kier molecular flexibility index (Phi) is 16.4. The van der Waals surface area contributed by atoms with Crippen molar-refractivity contribution in [2.75, 3.05) is 78.2 Å². The van der Waals surface area contributed by atoms with Gasteiger partial charge in [-0.3, -0.25) is 0 Å². The molecule has 0 radical (unpaired) electrons. The highest BCUT2D eigenvalue weighted by Gasteiger charge is 2.34. The summed E-state index contributed by atoms with van der Waals surface area (Å²) in [6, 6.07) is 17.1. The second-order valence-corrected chi connectivity index (χ2v) is 16.6. The maximum Gasteiger partial charge on any atom is 0.126 e. The van der Waals surface area contributed by atoms with Crippen molar-refractivity contribution in [2.24, 2.45) is 0 Å². The lowest BCUT2D eigenvalue weighted by molar-refractivity contribution is 0.374. The summed E-state index contributed by atoms with van der Waals surface area (Å²) < 4.78 is 49.5. The molecule has 0 N–H and O–H groups in total. The first kappa shape index (κ1) is 44.3. The van der Waals surface area contributed by atoms with Crippen LogP contribution in [-0.2, 0) is 0 Å². The summed E-state index contributed by atoms with van der Waals surface area (Å²) in [4.78, 5) is 0. The van der Waals surface area contributed by atoms with Crippen LogP contribution in [0.2, 0.25) is 0 Å². The average Bonchev–Trinajstić information content (AvgIpc) is 3.23. The smallest absolute Gasteiger partial charge is 0.126 e. The predicted octanol–water partition coefficient (Wildman–Crippen LogP) is 11.7. The lowest BCUT2D eigenvalue weighted by Crippen LogP contribution is -2.15. The van der Waals surface area contributed by atoms with Crippen LogP contribution in [0.3, 0.4) is 0 Å². The fraction of sp³-hybridized carbons (Fsp3) is 0.455. The Bertz CT molecular complexity index is 1570. The Morgan fingerprint density at radius 2 is 0.429 bits per heavy atom. The van der Waals surface area contributed by atoms with E-state index in [0.717, 1.165) is 138 Å². The molecule has 12 heteroatoms. The number of ether oxygens (including phenoxy) is 8. The summed E-state index contributed by atoms with van der Waals surface area (Å²) in [6.45, 7) is 0. The van der Waals surface area contributed by atoms with Crippen LogP contribution in [0.1, 0.15) is 93.9 Å². The molecule has 0 saturated heterocycles. The lowest BCUT2D eigenvalue weighted by Gasteiger charge is -2.31. The van der Waals surface area contributed by atoms with Gasteiger partial charge in [0.1, 0.15) is 46.0 Å². The number of halogens is 4. The van der Waals surface area contributed by atoms with Gasteiger partial charge in [-0.2, -0.15) is 0 Å². The molecule has 8 nitrogen and oxygen atoms in total. The number of benzene rings is 4. The molecule has 8 bridgehead atoms. The highest BCUT2D eigenvalue weighted by Crippen LogP contribution is 2.52. The summed E-state index contributed by atoms with van der Waals surface area (Å²) in [5, 5.41) is 2.95. The summed E-state index contributed by atoms with van der Waals surface area (Å²) in [6.07, 6.45) is 3.04. The Labute approximate surface area is 365 Å². The number of rotatable bonds is 16. The quantitative estimate of drug-likeness (QED) is 0.103. The molecule has 5 rings (SSSR count). The molecule has 0 amide bonds. The molecular weight excluding hydrogens is 976 g/mol. The summed E-state index contributed by atoms with van der Waals surface area (Å²) in [5.41, 5.74) is 8.19. The van der Waals surface area contributed by atoms with Gasteiger partial charge in [-0.1, -0.05) is 63.7 Å². The van der Waals surface area contributed by atoms with Gasteiger partial charge in [0.25, 0.3) is 0 Å². The van der Waals surface area contributed by atoms with Crippen LogP contribution in [0.5, 0.6) is 46.0 Å². The molecule has 0 spiro atoms. The standard InChI is InChI=1S/C44H52Br4O8/c1-49-37-21-38(50-2)30-17-29(37)25(9-13-45)31-18-32(40(52-4)22-39(31)51-3)27(11-15-47)35-20-36(44(56-8)24-43(35)55-7)28(12-16-48)34-19-33(26(30)10-14-46)41(53-5)23-42(34)54-6/h17-28H,9-16H2,1-8H3. The zero-order valence-corrected chi connectivity index (χ0v) is 39.7. The second kappa shape index (κ2) is 20.8. The summed E-state index contributed by atoms with van der Waals surface area (Å²) >= 11 is 15.2. The van der Waals surface area contributed by atoms with E-state index < -0.39 is 0 Å². The van der Waals surface area contributed by atoms with Crippen LogP contribution in [0.4, 0.5) is 0 Å². The minimum atomic E-state index is -0.138. The Hall–Kier alpha value is -2.80. The van der Waals surface area contributed by atoms with E-state index in [1.165, 1.54) is 0 Å². The Morgan fingerprint density at radius 1 is 0.286 bits per heavy atom. The molecule has 0 saturated carbocycles.